The summed E-state index contributed by atoms with van der Waals surface area (Å²) in [5.74, 6) is 2.25. The zero-order chi connectivity index (χ0) is 29.3. The molecule has 0 radical (unpaired) electrons. The van der Waals surface area contributed by atoms with E-state index in [1.807, 2.05) is 28.8 Å². The molecule has 2 fully saturated rings. The molecule has 2 N–H and O–H groups in total. The van der Waals surface area contributed by atoms with Gasteiger partial charge in [-0.3, -0.25) is 14.4 Å². The topological polar surface area (TPSA) is 137 Å². The first-order valence-corrected chi connectivity index (χ1v) is 14.9. The van der Waals surface area contributed by atoms with Gasteiger partial charge in [-0.1, -0.05) is 12.1 Å². The van der Waals surface area contributed by atoms with Crippen LogP contribution in [0.15, 0.2) is 42.5 Å². The molecule has 5 heterocycles. The highest BCUT2D eigenvalue weighted by Crippen LogP contribution is 2.31. The second-order valence-electron chi connectivity index (χ2n) is 11.7. The van der Waals surface area contributed by atoms with Crippen LogP contribution in [0.4, 0.5) is 0 Å². The molecule has 2 atom stereocenters. The van der Waals surface area contributed by atoms with Crippen molar-refractivity contribution in [2.75, 3.05) is 26.3 Å². The fraction of sp³-hybridized carbons (Fsp3) is 0.452. The number of aryl methyl sites for hydroxylation is 1. The van der Waals surface area contributed by atoms with Gasteiger partial charge in [0.2, 0.25) is 5.82 Å². The molecule has 5 aliphatic rings. The van der Waals surface area contributed by atoms with Gasteiger partial charge in [-0.2, -0.15) is 0 Å². The smallest absolute Gasteiger partial charge is 0.292 e. The van der Waals surface area contributed by atoms with Crippen LogP contribution in [0.3, 0.4) is 0 Å². The Morgan fingerprint density at radius 3 is 2.72 bits per heavy atom. The number of rotatable bonds is 4. The number of ether oxygens (including phenoxy) is 3. The number of hydrogen-bond donors (Lipinski definition) is 2. The van der Waals surface area contributed by atoms with Gasteiger partial charge in [-0.25, -0.2) is 0 Å². The zero-order valence-corrected chi connectivity index (χ0v) is 23.8. The third kappa shape index (κ3) is 6.13. The predicted molar refractivity (Wildman–Crippen MR) is 153 cm³/mol. The number of benzene rings is 2. The third-order valence-corrected chi connectivity index (χ3v) is 8.32. The van der Waals surface area contributed by atoms with Gasteiger partial charge in [0.25, 0.3) is 17.7 Å². The largest absolute Gasteiger partial charge is 0.493 e. The van der Waals surface area contributed by atoms with E-state index in [2.05, 4.69) is 20.8 Å². The lowest BCUT2D eigenvalue weighted by Gasteiger charge is -2.21. The summed E-state index contributed by atoms with van der Waals surface area (Å²) in [5.41, 5.74) is 1.22. The van der Waals surface area contributed by atoms with Crippen LogP contribution in [-0.2, 0) is 24.3 Å². The van der Waals surface area contributed by atoms with E-state index in [1.54, 1.807) is 23.1 Å². The van der Waals surface area contributed by atoms with Crippen molar-refractivity contribution in [1.29, 1.82) is 0 Å². The minimum atomic E-state index is -0.511. The molecule has 3 aromatic rings. The molecule has 224 valence electrons. The fourth-order valence-corrected chi connectivity index (χ4v) is 5.69. The first-order valence-electron chi connectivity index (χ1n) is 14.9. The lowest BCUT2D eigenvalue weighted by atomic mass is 10.1. The first kappa shape index (κ1) is 27.2. The van der Waals surface area contributed by atoms with Crippen molar-refractivity contribution in [2.45, 2.75) is 57.3 Å². The number of hydrogen-bond acceptors (Lipinski definition) is 8. The maximum Gasteiger partial charge on any atom is 0.292 e. The molecule has 0 unspecified atom stereocenters. The second-order valence-corrected chi connectivity index (χ2v) is 11.7. The molecule has 1 saturated heterocycles. The summed E-state index contributed by atoms with van der Waals surface area (Å²) in [5, 5.41) is 14.4. The van der Waals surface area contributed by atoms with Gasteiger partial charge >= 0.3 is 0 Å². The molecular formula is C31H34N6O6. The highest BCUT2D eigenvalue weighted by atomic mass is 16.5. The van der Waals surface area contributed by atoms with Crippen LogP contribution in [-0.4, -0.2) is 75.8 Å². The van der Waals surface area contributed by atoms with Crippen LogP contribution in [0.1, 0.15) is 58.0 Å². The number of aromatic nitrogens is 3. The van der Waals surface area contributed by atoms with Crippen LogP contribution in [0.2, 0.25) is 0 Å². The Hall–Kier alpha value is -4.61. The molecule has 8 rings (SSSR count). The lowest BCUT2D eigenvalue weighted by Crippen LogP contribution is -2.45. The molecule has 43 heavy (non-hydrogen) atoms. The van der Waals surface area contributed by atoms with E-state index in [0.29, 0.717) is 54.3 Å². The fourth-order valence-electron chi connectivity index (χ4n) is 5.69. The number of carbonyl (C=O) groups is 3. The number of nitrogens with one attached hydrogen (secondary N) is 2. The van der Waals surface area contributed by atoms with E-state index in [1.165, 1.54) is 0 Å². The van der Waals surface area contributed by atoms with Crippen molar-refractivity contribution in [3.05, 3.63) is 65.2 Å². The minimum absolute atomic E-state index is 0.206. The second kappa shape index (κ2) is 11.6. The van der Waals surface area contributed by atoms with Gasteiger partial charge in [0.15, 0.2) is 6.61 Å². The van der Waals surface area contributed by atoms with Crippen LogP contribution in [0.25, 0.3) is 0 Å². The van der Waals surface area contributed by atoms with Crippen molar-refractivity contribution in [3.8, 4) is 17.2 Å². The van der Waals surface area contributed by atoms with Gasteiger partial charge in [0.05, 0.1) is 19.2 Å². The van der Waals surface area contributed by atoms with Crippen LogP contribution in [0.5, 0.6) is 17.2 Å². The first-order chi connectivity index (χ1) is 21.0. The minimum Gasteiger partial charge on any atom is -0.493 e. The highest BCUT2D eigenvalue weighted by molar-refractivity contribution is 5.96. The van der Waals surface area contributed by atoms with E-state index in [4.69, 9.17) is 14.2 Å². The summed E-state index contributed by atoms with van der Waals surface area (Å²) in [4.78, 5) is 41.5. The van der Waals surface area contributed by atoms with Crippen LogP contribution >= 0.6 is 0 Å². The molecule has 0 spiro atoms. The van der Waals surface area contributed by atoms with E-state index < -0.39 is 12.1 Å². The third-order valence-electron chi connectivity index (χ3n) is 8.32. The van der Waals surface area contributed by atoms with Crippen molar-refractivity contribution in [1.82, 2.24) is 30.3 Å². The highest BCUT2D eigenvalue weighted by Gasteiger charge is 2.40. The average Bonchev–Trinajstić information content (AvgIpc) is 3.63. The summed E-state index contributed by atoms with van der Waals surface area (Å²) in [6.07, 6.45) is 4.56. The molecule has 4 aliphatic heterocycles. The molecule has 2 aromatic carbocycles. The lowest BCUT2D eigenvalue weighted by molar-refractivity contribution is -0.123. The number of nitrogens with zero attached hydrogens (tertiary/aromatic N) is 4. The predicted octanol–water partition coefficient (Wildman–Crippen LogP) is 2.11. The Bertz CT molecular complexity index is 1530. The summed E-state index contributed by atoms with van der Waals surface area (Å²) >= 11 is 0. The molecular weight excluding hydrogens is 552 g/mol. The van der Waals surface area contributed by atoms with E-state index in [0.717, 1.165) is 43.5 Å². The summed E-state index contributed by atoms with van der Waals surface area (Å²) in [6, 6.07) is 11.8. The molecule has 1 aliphatic carbocycles. The summed E-state index contributed by atoms with van der Waals surface area (Å²) < 4.78 is 20.0. The Kier molecular flexibility index (Phi) is 7.33. The monoisotopic (exact) mass is 586 g/mol. The maximum atomic E-state index is 13.7. The Labute approximate surface area is 248 Å². The number of fused-ring (bicyclic) bond motifs is 8. The molecule has 12 nitrogen and oxygen atoms in total. The molecule has 1 aromatic heterocycles. The van der Waals surface area contributed by atoms with Crippen molar-refractivity contribution < 1.29 is 28.6 Å². The van der Waals surface area contributed by atoms with Gasteiger partial charge in [0.1, 0.15) is 29.2 Å². The summed E-state index contributed by atoms with van der Waals surface area (Å²) in [7, 11) is 0. The van der Waals surface area contributed by atoms with Gasteiger partial charge < -0.3 is 34.3 Å². The average molecular weight is 587 g/mol. The number of amides is 3. The molecule has 3 amide bonds. The number of carbonyl (C=O) groups excluding carboxylic acids is 3. The van der Waals surface area contributed by atoms with E-state index in [9.17, 15) is 14.4 Å². The normalized spacial score (nSPS) is 21.9. The van der Waals surface area contributed by atoms with Gasteiger partial charge in [-0.15, -0.1) is 10.2 Å². The van der Waals surface area contributed by atoms with Crippen molar-refractivity contribution in [2.24, 2.45) is 5.92 Å². The quantitative estimate of drug-likeness (QED) is 0.475. The molecule has 12 heteroatoms. The Morgan fingerprint density at radius 1 is 1.02 bits per heavy atom. The molecule has 1 saturated carbocycles. The van der Waals surface area contributed by atoms with E-state index >= 15 is 0 Å². The van der Waals surface area contributed by atoms with Crippen LogP contribution < -0.4 is 24.8 Å². The van der Waals surface area contributed by atoms with Crippen molar-refractivity contribution >= 4 is 17.7 Å². The van der Waals surface area contributed by atoms with Crippen molar-refractivity contribution in [3.63, 3.8) is 0 Å². The van der Waals surface area contributed by atoms with Gasteiger partial charge in [0, 0.05) is 37.7 Å². The maximum absolute atomic E-state index is 13.7. The zero-order valence-electron chi connectivity index (χ0n) is 23.8. The van der Waals surface area contributed by atoms with Crippen LogP contribution in [0, 0.1) is 5.92 Å². The SMILES string of the molecule is O=C1COc2cc(OCC3CC3)cc(c2)C(=O)N[C@H]2CN(C(=O)c3nnc4n3CCCC4)C[C@@H]2Oc2ccc(cc2)CN1. The summed E-state index contributed by atoms with van der Waals surface area (Å²) in [6.45, 7) is 1.91. The van der Waals surface area contributed by atoms with Gasteiger partial charge in [-0.05, 0) is 61.4 Å². The number of likely N-dealkylation sites (tertiary alicyclic amines) is 1. The standard InChI is InChI=1S/C31H34N6O6/c38-28-18-42-24-12-21(11-23(13-24)41-17-20-4-5-20)30(39)33-25-15-36(31(40)29-35-34-27-3-1-2-10-37(27)29)16-26(25)43-22-8-6-19(7-9-22)14-32-28/h6-9,11-13,20,25-26H,1-5,10,14-18H2,(H,32,38)(H,33,39)/t25-,26-/m0/s1. The Morgan fingerprint density at radius 2 is 1.88 bits per heavy atom. The molecule has 4 bridgehead atoms. The van der Waals surface area contributed by atoms with E-state index in [-0.39, 0.29) is 37.4 Å². The Balaban J connectivity index is 1.17.